The zero-order chi connectivity index (χ0) is 15.5. The van der Waals surface area contributed by atoms with Crippen molar-refractivity contribution in [3.63, 3.8) is 0 Å². The van der Waals surface area contributed by atoms with E-state index in [4.69, 9.17) is 9.73 Å². The number of hydrogen-bond acceptors (Lipinski definition) is 3. The molecule has 0 spiro atoms. The van der Waals surface area contributed by atoms with E-state index in [-0.39, 0.29) is 0 Å². The molecule has 1 aromatic carbocycles. The van der Waals surface area contributed by atoms with Gasteiger partial charge in [0.1, 0.15) is 11.5 Å². The van der Waals surface area contributed by atoms with E-state index in [2.05, 4.69) is 24.0 Å². The molecule has 0 saturated carbocycles. The Bertz CT molecular complexity index is 686. The van der Waals surface area contributed by atoms with Crippen molar-refractivity contribution >= 4 is 5.71 Å². The summed E-state index contributed by atoms with van der Waals surface area (Å²) in [4.78, 5) is 9.08. The van der Waals surface area contributed by atoms with Crippen molar-refractivity contribution in [1.29, 1.82) is 0 Å². The number of benzene rings is 1. The first-order chi connectivity index (χ1) is 10.6. The van der Waals surface area contributed by atoms with Crippen LogP contribution >= 0.6 is 0 Å². The minimum Gasteiger partial charge on any atom is -0.457 e. The van der Waals surface area contributed by atoms with E-state index in [1.165, 1.54) is 17.7 Å². The van der Waals surface area contributed by atoms with Gasteiger partial charge in [0.05, 0.1) is 0 Å². The Balaban J connectivity index is 1.82. The van der Waals surface area contributed by atoms with Gasteiger partial charge in [-0.25, -0.2) is 0 Å². The van der Waals surface area contributed by atoms with E-state index in [1.54, 1.807) is 0 Å². The number of rotatable bonds is 3. The Labute approximate surface area is 132 Å². The molecule has 0 radical (unpaired) electrons. The van der Waals surface area contributed by atoms with Gasteiger partial charge in [-0.15, -0.1) is 0 Å². The monoisotopic (exact) mass is 294 g/mol. The number of nitrogens with zero attached hydrogens (tertiary/aromatic N) is 2. The van der Waals surface area contributed by atoms with Crippen molar-refractivity contribution in [3.05, 3.63) is 53.3 Å². The molecule has 2 heterocycles. The SMILES string of the molecule is Cc1cc(Oc2cccc(C3=NC[C@@H](C)CC3)c2)cc(C)n1. The van der Waals surface area contributed by atoms with Gasteiger partial charge in [0.25, 0.3) is 0 Å². The first-order valence-corrected chi connectivity index (χ1v) is 7.87. The first kappa shape index (κ1) is 14.8. The average molecular weight is 294 g/mol. The predicted octanol–water partition coefficient (Wildman–Crippen LogP) is 4.71. The Morgan fingerprint density at radius 2 is 1.82 bits per heavy atom. The molecule has 1 atom stereocenters. The van der Waals surface area contributed by atoms with Gasteiger partial charge in [0, 0.05) is 35.8 Å². The van der Waals surface area contributed by atoms with Crippen molar-refractivity contribution in [2.75, 3.05) is 6.54 Å². The summed E-state index contributed by atoms with van der Waals surface area (Å²) in [6, 6.07) is 12.1. The number of ether oxygens (including phenoxy) is 1. The molecule has 0 aliphatic carbocycles. The molecule has 3 nitrogen and oxygen atoms in total. The van der Waals surface area contributed by atoms with Crippen molar-refractivity contribution < 1.29 is 4.74 Å². The number of pyridine rings is 1. The van der Waals surface area contributed by atoms with Crippen LogP contribution in [0.4, 0.5) is 0 Å². The van der Waals surface area contributed by atoms with Gasteiger partial charge in [0.15, 0.2) is 0 Å². The van der Waals surface area contributed by atoms with Crippen LogP contribution in [0.3, 0.4) is 0 Å². The number of aliphatic imine (C=N–C) groups is 1. The van der Waals surface area contributed by atoms with E-state index < -0.39 is 0 Å². The highest BCUT2D eigenvalue weighted by Gasteiger charge is 2.13. The van der Waals surface area contributed by atoms with E-state index >= 15 is 0 Å². The average Bonchev–Trinajstić information content (AvgIpc) is 2.47. The van der Waals surface area contributed by atoms with E-state index in [0.29, 0.717) is 5.92 Å². The molecule has 2 aromatic rings. The molecule has 0 N–H and O–H groups in total. The van der Waals surface area contributed by atoms with Gasteiger partial charge in [-0.05, 0) is 50.3 Å². The van der Waals surface area contributed by atoms with Crippen molar-refractivity contribution in [2.24, 2.45) is 10.9 Å². The zero-order valence-corrected chi connectivity index (χ0v) is 13.5. The molecule has 1 aliphatic heterocycles. The van der Waals surface area contributed by atoms with Crippen LogP contribution in [0.15, 0.2) is 41.4 Å². The van der Waals surface area contributed by atoms with E-state index in [0.717, 1.165) is 35.9 Å². The second-order valence-electron chi connectivity index (χ2n) is 6.15. The lowest BCUT2D eigenvalue weighted by atomic mass is 9.96. The molecule has 0 bridgehead atoms. The maximum atomic E-state index is 6.00. The zero-order valence-electron chi connectivity index (χ0n) is 13.5. The summed E-state index contributed by atoms with van der Waals surface area (Å²) < 4.78 is 6.00. The first-order valence-electron chi connectivity index (χ1n) is 7.87. The highest BCUT2D eigenvalue weighted by atomic mass is 16.5. The summed E-state index contributed by atoms with van der Waals surface area (Å²) >= 11 is 0. The molecule has 3 rings (SSSR count). The van der Waals surface area contributed by atoms with Gasteiger partial charge < -0.3 is 4.74 Å². The lowest BCUT2D eigenvalue weighted by molar-refractivity contribution is 0.480. The molecule has 1 aromatic heterocycles. The molecule has 0 fully saturated rings. The summed E-state index contributed by atoms with van der Waals surface area (Å²) in [5.74, 6) is 2.39. The maximum Gasteiger partial charge on any atom is 0.131 e. The summed E-state index contributed by atoms with van der Waals surface area (Å²) in [5.41, 5.74) is 4.31. The standard InChI is InChI=1S/C19H22N2O/c1-13-7-8-19(20-12-13)16-5-4-6-17(11-16)22-18-9-14(2)21-15(3)10-18/h4-6,9-11,13H,7-8,12H2,1-3H3/t13-/m0/s1. The number of hydrogen-bond donors (Lipinski definition) is 0. The largest absolute Gasteiger partial charge is 0.457 e. The second kappa shape index (κ2) is 6.30. The van der Waals surface area contributed by atoms with Gasteiger partial charge in [0.2, 0.25) is 0 Å². The van der Waals surface area contributed by atoms with E-state index in [9.17, 15) is 0 Å². The fourth-order valence-electron chi connectivity index (χ4n) is 2.79. The highest BCUT2D eigenvalue weighted by molar-refractivity contribution is 6.01. The predicted molar refractivity (Wildman–Crippen MR) is 90.0 cm³/mol. The normalized spacial score (nSPS) is 18.0. The second-order valence-corrected chi connectivity index (χ2v) is 6.15. The minimum absolute atomic E-state index is 0.700. The molecule has 3 heteroatoms. The molecular formula is C19H22N2O. The summed E-state index contributed by atoms with van der Waals surface area (Å²) in [6.07, 6.45) is 2.27. The van der Waals surface area contributed by atoms with Crippen molar-refractivity contribution in [3.8, 4) is 11.5 Å². The fourth-order valence-corrected chi connectivity index (χ4v) is 2.79. The van der Waals surface area contributed by atoms with Crippen LogP contribution in [-0.4, -0.2) is 17.2 Å². The number of aromatic nitrogens is 1. The summed E-state index contributed by atoms with van der Waals surface area (Å²) in [7, 11) is 0. The van der Waals surface area contributed by atoms with Gasteiger partial charge in [-0.2, -0.15) is 0 Å². The molecule has 0 amide bonds. The summed E-state index contributed by atoms with van der Waals surface area (Å²) in [6.45, 7) is 7.15. The van der Waals surface area contributed by atoms with Crippen LogP contribution in [0.1, 0.15) is 36.7 Å². The lowest BCUT2D eigenvalue weighted by Crippen LogP contribution is -2.14. The van der Waals surface area contributed by atoms with Crippen LogP contribution < -0.4 is 4.74 Å². The van der Waals surface area contributed by atoms with Crippen LogP contribution in [0.2, 0.25) is 0 Å². The third-order valence-electron chi connectivity index (χ3n) is 3.93. The third kappa shape index (κ3) is 3.53. The Hall–Kier alpha value is -2.16. The maximum absolute atomic E-state index is 6.00. The molecular weight excluding hydrogens is 272 g/mol. The molecule has 114 valence electrons. The van der Waals surface area contributed by atoms with Crippen LogP contribution in [0, 0.1) is 19.8 Å². The van der Waals surface area contributed by atoms with E-state index in [1.807, 2.05) is 38.1 Å². The van der Waals surface area contributed by atoms with Crippen LogP contribution in [0.25, 0.3) is 0 Å². The van der Waals surface area contributed by atoms with Crippen molar-refractivity contribution in [2.45, 2.75) is 33.6 Å². The Kier molecular flexibility index (Phi) is 4.23. The van der Waals surface area contributed by atoms with Gasteiger partial charge in [-0.3, -0.25) is 9.98 Å². The highest BCUT2D eigenvalue weighted by Crippen LogP contribution is 2.25. The lowest BCUT2D eigenvalue weighted by Gasteiger charge is -2.18. The third-order valence-corrected chi connectivity index (χ3v) is 3.93. The van der Waals surface area contributed by atoms with Crippen molar-refractivity contribution in [1.82, 2.24) is 4.98 Å². The molecule has 0 unspecified atom stereocenters. The fraction of sp³-hybridized carbons (Fsp3) is 0.368. The Morgan fingerprint density at radius 1 is 1.05 bits per heavy atom. The molecule has 22 heavy (non-hydrogen) atoms. The smallest absolute Gasteiger partial charge is 0.131 e. The summed E-state index contributed by atoms with van der Waals surface area (Å²) in [5, 5.41) is 0. The molecule has 0 saturated heterocycles. The van der Waals surface area contributed by atoms with Crippen LogP contribution in [-0.2, 0) is 0 Å². The van der Waals surface area contributed by atoms with Gasteiger partial charge in [-0.1, -0.05) is 19.1 Å². The number of aryl methyl sites for hydroxylation is 2. The van der Waals surface area contributed by atoms with Gasteiger partial charge >= 0.3 is 0 Å². The Morgan fingerprint density at radius 3 is 2.50 bits per heavy atom. The quantitative estimate of drug-likeness (QED) is 0.821. The molecule has 1 aliphatic rings. The topological polar surface area (TPSA) is 34.5 Å². The van der Waals surface area contributed by atoms with Crippen LogP contribution in [0.5, 0.6) is 11.5 Å². The minimum atomic E-state index is 0.700.